The highest BCUT2D eigenvalue weighted by Crippen LogP contribution is 2.24. The van der Waals surface area contributed by atoms with Crippen LogP contribution in [0.15, 0.2) is 58.5 Å². The molecule has 214 valence electrons. The Morgan fingerprint density at radius 2 is 0.850 bits per heavy atom. The second-order valence-corrected chi connectivity index (χ2v) is 35.2. The van der Waals surface area contributed by atoms with Crippen molar-refractivity contribution in [2.75, 3.05) is 0 Å². The molecule has 0 spiro atoms. The molecule has 4 nitrogen and oxygen atoms in total. The van der Waals surface area contributed by atoms with Crippen LogP contribution in [0.3, 0.4) is 0 Å². The third kappa shape index (κ3) is 7.81. The van der Waals surface area contributed by atoms with Crippen LogP contribution in [-0.4, -0.2) is 54.9 Å². The zero-order valence-corrected chi connectivity index (χ0v) is 30.6. The molecule has 0 atom stereocenters. The first-order valence-electron chi connectivity index (χ1n) is 14.1. The first-order valence-corrected chi connectivity index (χ1v) is 28.1. The highest BCUT2D eigenvalue weighted by atomic mass is 28.3. The van der Waals surface area contributed by atoms with Crippen LogP contribution in [0.25, 0.3) is 0 Å². The number of phenols is 2. The molecule has 0 saturated heterocycles. The Bertz CT molecular complexity index is 1350. The van der Waals surface area contributed by atoms with Gasteiger partial charge in [0.05, 0.1) is 43.7 Å². The zero-order valence-electron chi connectivity index (χ0n) is 26.6. The standard InChI is InChI=1S/C32H48N2O2Si4/c1-37(2,3)27-16-23(31(35)29(19-27)39(7,8)9)21-33-25-14-13-15-26(18-25)34-22-24-17-28(38(4,5)6)20-30(32(24)36)40(10,11)12/h13-22,35-36H,1-12H3. The van der Waals surface area contributed by atoms with Crippen LogP contribution in [0, 0.1) is 0 Å². The van der Waals surface area contributed by atoms with E-state index >= 15 is 0 Å². The lowest BCUT2D eigenvalue weighted by Gasteiger charge is -2.25. The maximum atomic E-state index is 11.2. The Morgan fingerprint density at radius 3 is 1.15 bits per heavy atom. The summed E-state index contributed by atoms with van der Waals surface area (Å²) in [6.07, 6.45) is 3.57. The normalized spacial score (nSPS) is 13.5. The molecule has 3 aromatic rings. The molecule has 0 amide bonds. The van der Waals surface area contributed by atoms with Gasteiger partial charge in [0.15, 0.2) is 0 Å². The van der Waals surface area contributed by atoms with E-state index in [4.69, 9.17) is 9.98 Å². The van der Waals surface area contributed by atoms with E-state index < -0.39 is 32.3 Å². The molecule has 0 aromatic heterocycles. The topological polar surface area (TPSA) is 65.2 Å². The monoisotopic (exact) mass is 604 g/mol. The smallest absolute Gasteiger partial charge is 0.123 e. The van der Waals surface area contributed by atoms with Crippen molar-refractivity contribution in [3.63, 3.8) is 0 Å². The Balaban J connectivity index is 2.01. The lowest BCUT2D eigenvalue weighted by molar-refractivity contribution is 0.478. The Kier molecular flexibility index (Phi) is 9.11. The molecule has 0 saturated carbocycles. The Morgan fingerprint density at radius 1 is 0.500 bits per heavy atom. The van der Waals surface area contributed by atoms with Gasteiger partial charge in [-0.3, -0.25) is 9.98 Å². The molecule has 40 heavy (non-hydrogen) atoms. The summed E-state index contributed by atoms with van der Waals surface area (Å²) in [5.74, 6) is 0.713. The van der Waals surface area contributed by atoms with Crippen LogP contribution >= 0.6 is 0 Å². The number of aliphatic imine (C=N–C) groups is 2. The van der Waals surface area contributed by atoms with Crippen LogP contribution in [-0.2, 0) is 0 Å². The van der Waals surface area contributed by atoms with Crippen molar-refractivity contribution < 1.29 is 10.2 Å². The molecule has 0 bridgehead atoms. The van der Waals surface area contributed by atoms with Crippen LogP contribution < -0.4 is 20.7 Å². The molecular weight excluding hydrogens is 557 g/mol. The van der Waals surface area contributed by atoms with E-state index in [1.54, 1.807) is 12.4 Å². The quantitative estimate of drug-likeness (QED) is 0.220. The number of rotatable bonds is 8. The van der Waals surface area contributed by atoms with Gasteiger partial charge in [-0.05, 0) is 28.6 Å². The van der Waals surface area contributed by atoms with Gasteiger partial charge in [-0.1, -0.05) is 119 Å². The Labute approximate surface area is 246 Å². The predicted octanol–water partition coefficient (Wildman–Crippen LogP) is 6.78. The molecule has 0 aliphatic heterocycles. The van der Waals surface area contributed by atoms with E-state index in [0.717, 1.165) is 32.9 Å². The number of nitrogens with zero attached hydrogens (tertiary/aromatic N) is 2. The van der Waals surface area contributed by atoms with Gasteiger partial charge in [0.2, 0.25) is 0 Å². The summed E-state index contributed by atoms with van der Waals surface area (Å²) in [6, 6.07) is 16.5. The molecule has 0 aliphatic rings. The van der Waals surface area contributed by atoms with Crippen molar-refractivity contribution >= 4 is 76.8 Å². The second-order valence-electron chi connectivity index (χ2n) is 15.0. The molecule has 3 aromatic carbocycles. The molecule has 0 heterocycles. The molecule has 3 rings (SSSR count). The van der Waals surface area contributed by atoms with Crippen molar-refractivity contribution in [2.45, 2.75) is 78.6 Å². The molecule has 0 unspecified atom stereocenters. The molecule has 8 heteroatoms. The van der Waals surface area contributed by atoms with E-state index in [-0.39, 0.29) is 0 Å². The second kappa shape index (κ2) is 11.4. The van der Waals surface area contributed by atoms with E-state index in [1.807, 2.05) is 24.3 Å². The van der Waals surface area contributed by atoms with Gasteiger partial charge < -0.3 is 10.2 Å². The SMILES string of the molecule is C[Si](C)(C)c1cc(C=Nc2cccc(N=Cc3cc([Si](C)(C)C)cc([Si](C)(C)C)c3O)c2)c(O)c([Si](C)(C)C)c1. The predicted molar refractivity (Wildman–Crippen MR) is 189 cm³/mol. The lowest BCUT2D eigenvalue weighted by atomic mass is 10.2. The van der Waals surface area contributed by atoms with E-state index in [1.165, 1.54) is 10.4 Å². The van der Waals surface area contributed by atoms with Crippen LogP contribution in [0.2, 0.25) is 78.6 Å². The highest BCUT2D eigenvalue weighted by Gasteiger charge is 2.28. The van der Waals surface area contributed by atoms with Crippen LogP contribution in [0.4, 0.5) is 11.4 Å². The summed E-state index contributed by atoms with van der Waals surface area (Å²) in [6.45, 7) is 27.6. The summed E-state index contributed by atoms with van der Waals surface area (Å²) in [5.41, 5.74) is 3.09. The number of phenolic OH excluding ortho intramolecular Hbond substituents is 2. The number of benzene rings is 3. The van der Waals surface area contributed by atoms with E-state index in [0.29, 0.717) is 11.5 Å². The van der Waals surface area contributed by atoms with Crippen LogP contribution in [0.5, 0.6) is 11.5 Å². The van der Waals surface area contributed by atoms with Crippen molar-refractivity contribution in [2.24, 2.45) is 9.98 Å². The number of hydrogen-bond donors (Lipinski definition) is 2. The van der Waals surface area contributed by atoms with Crippen molar-refractivity contribution in [1.29, 1.82) is 0 Å². The largest absolute Gasteiger partial charge is 0.507 e. The third-order valence-electron chi connectivity index (χ3n) is 7.16. The molecule has 0 fully saturated rings. The van der Waals surface area contributed by atoms with Gasteiger partial charge in [-0.15, -0.1) is 0 Å². The van der Waals surface area contributed by atoms with Gasteiger partial charge in [0, 0.05) is 23.6 Å². The maximum absolute atomic E-state index is 11.2. The molecule has 0 aliphatic carbocycles. The first kappa shape index (κ1) is 32.0. The van der Waals surface area contributed by atoms with Gasteiger partial charge in [0.25, 0.3) is 0 Å². The molecule has 0 radical (unpaired) electrons. The minimum atomic E-state index is -1.74. The van der Waals surface area contributed by atoms with Gasteiger partial charge in [-0.25, -0.2) is 0 Å². The average Bonchev–Trinajstić information content (AvgIpc) is 2.80. The zero-order chi connectivity index (χ0) is 30.3. The highest BCUT2D eigenvalue weighted by molar-refractivity contribution is 6.92. The van der Waals surface area contributed by atoms with E-state index in [2.05, 4.69) is 103 Å². The lowest BCUT2D eigenvalue weighted by Crippen LogP contribution is -2.45. The summed E-state index contributed by atoms with van der Waals surface area (Å²) in [5, 5.41) is 27.2. The summed E-state index contributed by atoms with van der Waals surface area (Å²) < 4.78 is 0. The summed E-state index contributed by atoms with van der Waals surface area (Å²) in [7, 11) is -6.64. The van der Waals surface area contributed by atoms with Gasteiger partial charge in [0.1, 0.15) is 11.5 Å². The van der Waals surface area contributed by atoms with Crippen molar-refractivity contribution in [3.05, 3.63) is 59.7 Å². The molecular formula is C32H48N2O2Si4. The van der Waals surface area contributed by atoms with Gasteiger partial charge in [-0.2, -0.15) is 0 Å². The fourth-order valence-corrected chi connectivity index (χ4v) is 9.97. The van der Waals surface area contributed by atoms with Gasteiger partial charge >= 0.3 is 0 Å². The average molecular weight is 605 g/mol. The number of hydrogen-bond acceptors (Lipinski definition) is 4. The minimum absolute atomic E-state index is 0.357. The fraction of sp³-hybridized carbons (Fsp3) is 0.375. The number of aromatic hydroxyl groups is 2. The summed E-state index contributed by atoms with van der Waals surface area (Å²) in [4.78, 5) is 9.49. The minimum Gasteiger partial charge on any atom is -0.507 e. The van der Waals surface area contributed by atoms with Crippen molar-refractivity contribution in [1.82, 2.24) is 0 Å². The Hall–Kier alpha value is -2.53. The van der Waals surface area contributed by atoms with Crippen molar-refractivity contribution in [3.8, 4) is 11.5 Å². The third-order valence-corrected chi connectivity index (χ3v) is 15.2. The fourth-order valence-electron chi connectivity index (χ4n) is 4.46. The summed E-state index contributed by atoms with van der Waals surface area (Å²) >= 11 is 0. The first-order chi connectivity index (χ1) is 18.2. The maximum Gasteiger partial charge on any atom is 0.123 e. The molecule has 2 N–H and O–H groups in total. The van der Waals surface area contributed by atoms with E-state index in [9.17, 15) is 10.2 Å². The van der Waals surface area contributed by atoms with Crippen LogP contribution in [0.1, 0.15) is 11.1 Å².